The molecule has 0 spiro atoms. The van der Waals surface area contributed by atoms with Gasteiger partial charge in [0.25, 0.3) is 0 Å². The Labute approximate surface area is 119 Å². The molecule has 2 atom stereocenters. The predicted octanol–water partition coefficient (Wildman–Crippen LogP) is 1.03. The monoisotopic (exact) mass is 296 g/mol. The zero-order valence-corrected chi connectivity index (χ0v) is 12.3. The van der Waals surface area contributed by atoms with E-state index < -0.39 is 10.0 Å². The van der Waals surface area contributed by atoms with Crippen LogP contribution in [0.15, 0.2) is 23.1 Å². The summed E-state index contributed by atoms with van der Waals surface area (Å²) >= 11 is 0. The van der Waals surface area contributed by atoms with E-state index in [1.54, 1.807) is 18.2 Å². The Bertz CT molecular complexity index is 611. The standard InChI is InChI=1S/C14H20N2O3S/c1-9-6-11-7-12(4-5-14(11)19-9)20(17,18)16-13(8-15)10-2-3-10/h4-5,7,9-10,13,16H,2-3,6,8,15H2,1H3/t9-,13-/m1/s1. The van der Waals surface area contributed by atoms with Crippen molar-refractivity contribution in [2.45, 2.75) is 43.2 Å². The van der Waals surface area contributed by atoms with E-state index in [0.29, 0.717) is 17.4 Å². The second-order valence-corrected chi connectivity index (χ2v) is 7.42. The molecule has 0 radical (unpaired) electrons. The first-order valence-electron chi connectivity index (χ1n) is 7.01. The molecule has 1 saturated carbocycles. The molecule has 1 aromatic rings. The predicted molar refractivity (Wildman–Crippen MR) is 76.1 cm³/mol. The molecule has 1 fully saturated rings. The van der Waals surface area contributed by atoms with Gasteiger partial charge < -0.3 is 10.5 Å². The van der Waals surface area contributed by atoms with Crippen molar-refractivity contribution in [3.63, 3.8) is 0 Å². The zero-order valence-electron chi connectivity index (χ0n) is 11.5. The Hall–Kier alpha value is -1.11. The second kappa shape index (κ2) is 5.02. The summed E-state index contributed by atoms with van der Waals surface area (Å²) in [4.78, 5) is 0.299. The molecule has 0 amide bonds. The van der Waals surface area contributed by atoms with Crippen LogP contribution in [0.5, 0.6) is 5.75 Å². The van der Waals surface area contributed by atoms with Gasteiger partial charge in [-0.25, -0.2) is 13.1 Å². The average Bonchev–Trinajstić information content (AvgIpc) is 3.16. The van der Waals surface area contributed by atoms with Gasteiger partial charge in [-0.05, 0) is 49.4 Å². The van der Waals surface area contributed by atoms with Crippen LogP contribution < -0.4 is 15.2 Å². The molecular weight excluding hydrogens is 276 g/mol. The third kappa shape index (κ3) is 2.68. The molecule has 2 aliphatic rings. The SMILES string of the molecule is C[C@@H]1Cc2cc(S(=O)(=O)N[C@H](CN)C3CC3)ccc2O1. The maximum atomic E-state index is 12.4. The third-order valence-corrected chi connectivity index (χ3v) is 5.42. The minimum Gasteiger partial charge on any atom is -0.490 e. The molecule has 1 heterocycles. The number of hydrogen-bond acceptors (Lipinski definition) is 4. The molecule has 110 valence electrons. The summed E-state index contributed by atoms with van der Waals surface area (Å²) in [7, 11) is -3.50. The fraction of sp³-hybridized carbons (Fsp3) is 0.571. The van der Waals surface area contributed by atoms with Gasteiger partial charge in [0.05, 0.1) is 4.90 Å². The molecule has 6 heteroatoms. The van der Waals surface area contributed by atoms with Crippen LogP contribution in [0, 0.1) is 5.92 Å². The first-order chi connectivity index (χ1) is 9.49. The first-order valence-corrected chi connectivity index (χ1v) is 8.50. The summed E-state index contributed by atoms with van der Waals surface area (Å²) in [5.41, 5.74) is 6.62. The molecule has 0 saturated heterocycles. The molecule has 5 nitrogen and oxygen atoms in total. The van der Waals surface area contributed by atoms with E-state index in [4.69, 9.17) is 10.5 Å². The number of hydrogen-bond donors (Lipinski definition) is 2. The topological polar surface area (TPSA) is 81.4 Å². The minimum absolute atomic E-state index is 0.110. The number of benzene rings is 1. The molecule has 0 unspecified atom stereocenters. The van der Waals surface area contributed by atoms with Crippen molar-refractivity contribution in [2.75, 3.05) is 6.54 Å². The highest BCUT2D eigenvalue weighted by Crippen LogP contribution is 2.34. The second-order valence-electron chi connectivity index (χ2n) is 5.70. The van der Waals surface area contributed by atoms with E-state index in [2.05, 4.69) is 4.72 Å². The van der Waals surface area contributed by atoms with Gasteiger partial charge in [-0.3, -0.25) is 0 Å². The zero-order chi connectivity index (χ0) is 14.3. The summed E-state index contributed by atoms with van der Waals surface area (Å²) in [5.74, 6) is 1.18. The highest BCUT2D eigenvalue weighted by atomic mass is 32.2. The van der Waals surface area contributed by atoms with Gasteiger partial charge in [0.1, 0.15) is 11.9 Å². The van der Waals surface area contributed by atoms with Crippen LogP contribution in [0.1, 0.15) is 25.3 Å². The third-order valence-electron chi connectivity index (χ3n) is 3.93. The van der Waals surface area contributed by atoms with Crippen molar-refractivity contribution in [2.24, 2.45) is 11.7 Å². The molecule has 1 aliphatic carbocycles. The van der Waals surface area contributed by atoms with Gasteiger partial charge in [0.2, 0.25) is 10.0 Å². The summed E-state index contributed by atoms with van der Waals surface area (Å²) in [5, 5.41) is 0. The van der Waals surface area contributed by atoms with Gasteiger partial charge in [0.15, 0.2) is 0 Å². The molecule has 0 bridgehead atoms. The van der Waals surface area contributed by atoms with Gasteiger partial charge in [-0.15, -0.1) is 0 Å². The average molecular weight is 296 g/mol. The van der Waals surface area contributed by atoms with Crippen LogP contribution in [0.4, 0.5) is 0 Å². The van der Waals surface area contributed by atoms with E-state index in [9.17, 15) is 8.42 Å². The highest BCUT2D eigenvalue weighted by molar-refractivity contribution is 7.89. The molecule has 20 heavy (non-hydrogen) atoms. The Kier molecular flexibility index (Phi) is 3.48. The highest BCUT2D eigenvalue weighted by Gasteiger charge is 2.33. The fourth-order valence-corrected chi connectivity index (χ4v) is 4.04. The number of nitrogens with one attached hydrogen (secondary N) is 1. The molecule has 1 aliphatic heterocycles. The van der Waals surface area contributed by atoms with Crippen molar-refractivity contribution in [1.29, 1.82) is 0 Å². The Balaban J connectivity index is 1.82. The van der Waals surface area contributed by atoms with Crippen LogP contribution in [-0.4, -0.2) is 27.1 Å². The Morgan fingerprint density at radius 1 is 1.45 bits per heavy atom. The van der Waals surface area contributed by atoms with Crippen molar-refractivity contribution < 1.29 is 13.2 Å². The normalized spacial score (nSPS) is 23.2. The maximum Gasteiger partial charge on any atom is 0.240 e. The number of nitrogens with two attached hydrogens (primary N) is 1. The minimum atomic E-state index is -3.50. The summed E-state index contributed by atoms with van der Waals surface area (Å²) in [6, 6.07) is 4.90. The lowest BCUT2D eigenvalue weighted by atomic mass is 10.1. The number of ether oxygens (including phenoxy) is 1. The Morgan fingerprint density at radius 2 is 2.20 bits per heavy atom. The van der Waals surface area contributed by atoms with E-state index >= 15 is 0 Å². The quantitative estimate of drug-likeness (QED) is 0.850. The van der Waals surface area contributed by atoms with Crippen LogP contribution >= 0.6 is 0 Å². The number of sulfonamides is 1. The van der Waals surface area contributed by atoms with Crippen LogP contribution in [-0.2, 0) is 16.4 Å². The van der Waals surface area contributed by atoms with Gasteiger partial charge in [-0.1, -0.05) is 0 Å². The molecule has 0 aromatic heterocycles. The number of fused-ring (bicyclic) bond motifs is 1. The summed E-state index contributed by atoms with van der Waals surface area (Å²) in [6.45, 7) is 2.32. The van der Waals surface area contributed by atoms with Gasteiger partial charge in [0, 0.05) is 19.0 Å². The number of rotatable bonds is 5. The van der Waals surface area contributed by atoms with Gasteiger partial charge in [-0.2, -0.15) is 0 Å². The van der Waals surface area contributed by atoms with Crippen molar-refractivity contribution >= 4 is 10.0 Å². The van der Waals surface area contributed by atoms with E-state index in [1.807, 2.05) is 6.92 Å². The van der Waals surface area contributed by atoms with Crippen LogP contribution in [0.2, 0.25) is 0 Å². The van der Waals surface area contributed by atoms with E-state index in [0.717, 1.165) is 30.6 Å². The molecular formula is C14H20N2O3S. The largest absolute Gasteiger partial charge is 0.490 e. The molecule has 3 N–H and O–H groups in total. The lowest BCUT2D eigenvalue weighted by Crippen LogP contribution is -2.41. The van der Waals surface area contributed by atoms with Crippen molar-refractivity contribution in [1.82, 2.24) is 4.72 Å². The Morgan fingerprint density at radius 3 is 2.85 bits per heavy atom. The summed E-state index contributed by atoms with van der Waals surface area (Å²) in [6.07, 6.45) is 2.97. The van der Waals surface area contributed by atoms with Gasteiger partial charge >= 0.3 is 0 Å². The van der Waals surface area contributed by atoms with E-state index in [-0.39, 0.29) is 12.1 Å². The molecule has 1 aromatic carbocycles. The lowest BCUT2D eigenvalue weighted by molar-refractivity contribution is 0.254. The smallest absolute Gasteiger partial charge is 0.240 e. The fourth-order valence-electron chi connectivity index (χ4n) is 2.67. The lowest BCUT2D eigenvalue weighted by Gasteiger charge is -2.16. The van der Waals surface area contributed by atoms with Crippen LogP contribution in [0.3, 0.4) is 0 Å². The van der Waals surface area contributed by atoms with E-state index in [1.165, 1.54) is 0 Å². The maximum absolute atomic E-state index is 12.4. The summed E-state index contributed by atoms with van der Waals surface area (Å²) < 4.78 is 33.1. The first kappa shape index (κ1) is 13.9. The van der Waals surface area contributed by atoms with Crippen molar-refractivity contribution in [3.05, 3.63) is 23.8 Å². The van der Waals surface area contributed by atoms with Crippen LogP contribution in [0.25, 0.3) is 0 Å². The molecule has 3 rings (SSSR count). The van der Waals surface area contributed by atoms with Crippen molar-refractivity contribution in [3.8, 4) is 5.75 Å².